The van der Waals surface area contributed by atoms with Crippen LogP contribution in [-0.4, -0.2) is 55.6 Å². The fourth-order valence-electron chi connectivity index (χ4n) is 3.12. The van der Waals surface area contributed by atoms with Crippen LogP contribution in [0.4, 0.5) is 17.1 Å². The topological polar surface area (TPSA) is 113 Å². The van der Waals surface area contributed by atoms with Gasteiger partial charge in [-0.25, -0.2) is 8.42 Å². The highest BCUT2D eigenvalue weighted by Crippen LogP contribution is 2.32. The van der Waals surface area contributed by atoms with E-state index in [-0.39, 0.29) is 22.2 Å². The molecule has 10 heteroatoms. The molecule has 0 bridgehead atoms. The van der Waals surface area contributed by atoms with E-state index in [0.717, 1.165) is 18.9 Å². The average molecular weight is 418 g/mol. The van der Waals surface area contributed by atoms with E-state index in [2.05, 4.69) is 5.32 Å². The van der Waals surface area contributed by atoms with Crippen molar-refractivity contribution in [2.45, 2.75) is 17.7 Å². The zero-order valence-electron chi connectivity index (χ0n) is 16.2. The number of benzene rings is 2. The molecule has 0 unspecified atom stereocenters. The molecule has 0 atom stereocenters. The number of hydrogen-bond donors (Lipinski definition) is 1. The highest BCUT2D eigenvalue weighted by Gasteiger charge is 2.29. The summed E-state index contributed by atoms with van der Waals surface area (Å²) in [5.41, 5.74) is 0.862. The first kappa shape index (κ1) is 20.7. The van der Waals surface area contributed by atoms with Crippen molar-refractivity contribution in [2.24, 2.45) is 0 Å². The maximum absolute atomic E-state index is 12.7. The van der Waals surface area contributed by atoms with E-state index >= 15 is 0 Å². The van der Waals surface area contributed by atoms with Crippen molar-refractivity contribution in [3.63, 3.8) is 0 Å². The molecule has 2 aromatic rings. The first-order valence-corrected chi connectivity index (χ1v) is 10.5. The highest BCUT2D eigenvalue weighted by atomic mass is 32.2. The third kappa shape index (κ3) is 4.38. The largest absolute Gasteiger partial charge is 0.350 e. The van der Waals surface area contributed by atoms with E-state index in [0.29, 0.717) is 24.3 Å². The second-order valence-corrected chi connectivity index (χ2v) is 8.89. The Kier molecular flexibility index (Phi) is 5.85. The number of nitrogens with zero attached hydrogens (tertiary/aromatic N) is 3. The number of anilines is 2. The molecule has 1 amide bonds. The zero-order chi connectivity index (χ0) is 21.2. The number of nitro benzene ring substituents is 1. The quantitative estimate of drug-likeness (QED) is 0.570. The summed E-state index contributed by atoms with van der Waals surface area (Å²) in [5.74, 6) is -0.154. The third-order valence-electron chi connectivity index (χ3n) is 4.69. The SMILES string of the molecule is CN(C)C(=O)c1ccc(Nc2ccc(S(=O)(=O)N3CCCC3)cc2[N+](=O)[O-])cc1. The van der Waals surface area contributed by atoms with Gasteiger partial charge in [-0.15, -0.1) is 0 Å². The molecule has 1 aliphatic rings. The number of carbonyl (C=O) groups is 1. The Morgan fingerprint density at radius 2 is 1.72 bits per heavy atom. The lowest BCUT2D eigenvalue weighted by atomic mass is 10.1. The Bertz CT molecular complexity index is 1030. The standard InChI is InChI=1S/C19H22N4O5S/c1-21(2)19(24)14-5-7-15(8-6-14)20-17-10-9-16(13-18(17)23(25)26)29(27,28)22-11-3-4-12-22/h5-10,13,20H,3-4,11-12H2,1-2H3. The van der Waals surface area contributed by atoms with E-state index < -0.39 is 14.9 Å². The fraction of sp³-hybridized carbons (Fsp3) is 0.316. The molecule has 0 aromatic heterocycles. The first-order valence-electron chi connectivity index (χ1n) is 9.07. The van der Waals surface area contributed by atoms with Crippen LogP contribution in [0.5, 0.6) is 0 Å². The third-order valence-corrected chi connectivity index (χ3v) is 6.58. The van der Waals surface area contributed by atoms with Crippen LogP contribution in [-0.2, 0) is 10.0 Å². The number of rotatable bonds is 6. The van der Waals surface area contributed by atoms with E-state index in [1.807, 2.05) is 0 Å². The predicted molar refractivity (Wildman–Crippen MR) is 109 cm³/mol. The molecule has 154 valence electrons. The molecule has 9 nitrogen and oxygen atoms in total. The summed E-state index contributed by atoms with van der Waals surface area (Å²) in [5, 5.41) is 14.5. The number of carbonyl (C=O) groups excluding carboxylic acids is 1. The molecule has 3 rings (SSSR count). The summed E-state index contributed by atoms with van der Waals surface area (Å²) in [6, 6.07) is 10.3. The molecule has 29 heavy (non-hydrogen) atoms. The van der Waals surface area contributed by atoms with Crippen molar-refractivity contribution in [2.75, 3.05) is 32.5 Å². The molecule has 1 fully saturated rings. The van der Waals surface area contributed by atoms with Crippen LogP contribution in [0.3, 0.4) is 0 Å². The van der Waals surface area contributed by atoms with Crippen LogP contribution in [0.1, 0.15) is 23.2 Å². The minimum atomic E-state index is -3.75. The van der Waals surface area contributed by atoms with E-state index in [1.165, 1.54) is 21.3 Å². The Labute approximate surface area is 169 Å². The Morgan fingerprint density at radius 1 is 1.10 bits per heavy atom. The van der Waals surface area contributed by atoms with Crippen molar-refractivity contribution >= 4 is 33.0 Å². The summed E-state index contributed by atoms with van der Waals surface area (Å²) < 4.78 is 26.7. The van der Waals surface area contributed by atoms with Gasteiger partial charge in [0.15, 0.2) is 0 Å². The summed E-state index contributed by atoms with van der Waals surface area (Å²) in [4.78, 5) is 24.2. The van der Waals surface area contributed by atoms with E-state index in [1.54, 1.807) is 38.4 Å². The number of hydrogen-bond acceptors (Lipinski definition) is 6. The molecule has 0 aliphatic carbocycles. The number of nitrogens with one attached hydrogen (secondary N) is 1. The van der Waals surface area contributed by atoms with E-state index in [4.69, 9.17) is 0 Å². The van der Waals surface area contributed by atoms with Gasteiger partial charge in [0.2, 0.25) is 10.0 Å². The maximum Gasteiger partial charge on any atom is 0.294 e. The van der Waals surface area contributed by atoms with Crippen molar-refractivity contribution in [3.8, 4) is 0 Å². The Morgan fingerprint density at radius 3 is 2.28 bits per heavy atom. The second kappa shape index (κ2) is 8.18. The minimum absolute atomic E-state index is 0.0939. The highest BCUT2D eigenvalue weighted by molar-refractivity contribution is 7.89. The lowest BCUT2D eigenvalue weighted by Crippen LogP contribution is -2.27. The van der Waals surface area contributed by atoms with Gasteiger partial charge in [-0.1, -0.05) is 0 Å². The molecule has 0 spiro atoms. The maximum atomic E-state index is 12.7. The fourth-order valence-corrected chi connectivity index (χ4v) is 4.65. The molecule has 1 aliphatic heterocycles. The molecule has 2 aromatic carbocycles. The molecule has 1 heterocycles. The summed E-state index contributed by atoms with van der Waals surface area (Å²) in [7, 11) is -0.452. The van der Waals surface area contributed by atoms with Crippen molar-refractivity contribution in [1.29, 1.82) is 0 Å². The molecular formula is C19H22N4O5S. The van der Waals surface area contributed by atoms with Gasteiger partial charge in [-0.2, -0.15) is 4.31 Å². The summed E-state index contributed by atoms with van der Waals surface area (Å²) >= 11 is 0. The van der Waals surface area contributed by atoms with Gasteiger partial charge in [-0.05, 0) is 49.2 Å². The van der Waals surface area contributed by atoms with Crippen LogP contribution >= 0.6 is 0 Å². The van der Waals surface area contributed by atoms with Crippen molar-refractivity contribution in [3.05, 3.63) is 58.1 Å². The van der Waals surface area contributed by atoms with Gasteiger partial charge >= 0.3 is 0 Å². The average Bonchev–Trinajstić information content (AvgIpc) is 3.23. The first-order chi connectivity index (χ1) is 13.7. The van der Waals surface area contributed by atoms with Crippen LogP contribution in [0.15, 0.2) is 47.4 Å². The summed E-state index contributed by atoms with van der Waals surface area (Å²) in [6.07, 6.45) is 1.57. The van der Waals surface area contributed by atoms with Crippen LogP contribution in [0.2, 0.25) is 0 Å². The van der Waals surface area contributed by atoms with E-state index in [9.17, 15) is 23.3 Å². The monoisotopic (exact) mass is 418 g/mol. The molecular weight excluding hydrogens is 396 g/mol. The molecule has 0 radical (unpaired) electrons. The number of sulfonamides is 1. The van der Waals surface area contributed by atoms with Crippen LogP contribution < -0.4 is 5.32 Å². The van der Waals surface area contributed by atoms with Gasteiger partial charge in [0.05, 0.1) is 9.82 Å². The smallest absolute Gasteiger partial charge is 0.294 e. The summed E-state index contributed by atoms with van der Waals surface area (Å²) in [6.45, 7) is 0.850. The molecule has 0 saturated carbocycles. The van der Waals surface area contributed by atoms with Gasteiger partial charge < -0.3 is 10.2 Å². The number of amides is 1. The van der Waals surface area contributed by atoms with Gasteiger partial charge in [0.25, 0.3) is 11.6 Å². The van der Waals surface area contributed by atoms with Crippen molar-refractivity contribution < 1.29 is 18.1 Å². The number of nitro groups is 1. The lowest BCUT2D eigenvalue weighted by Gasteiger charge is -2.16. The van der Waals surface area contributed by atoms with Crippen molar-refractivity contribution in [1.82, 2.24) is 9.21 Å². The Balaban J connectivity index is 1.88. The van der Waals surface area contributed by atoms with Crippen LogP contribution in [0.25, 0.3) is 0 Å². The second-order valence-electron chi connectivity index (χ2n) is 6.95. The zero-order valence-corrected chi connectivity index (χ0v) is 17.0. The molecule has 1 N–H and O–H groups in total. The minimum Gasteiger partial charge on any atom is -0.350 e. The van der Waals surface area contributed by atoms with Crippen LogP contribution in [0, 0.1) is 10.1 Å². The van der Waals surface area contributed by atoms with Gasteiger partial charge in [0, 0.05) is 44.5 Å². The van der Waals surface area contributed by atoms with Gasteiger partial charge in [0.1, 0.15) is 5.69 Å². The van der Waals surface area contributed by atoms with Gasteiger partial charge in [-0.3, -0.25) is 14.9 Å². The molecule has 1 saturated heterocycles. The Hall–Kier alpha value is -2.98. The lowest BCUT2D eigenvalue weighted by molar-refractivity contribution is -0.384. The predicted octanol–water partition coefficient (Wildman–Crippen LogP) is 2.82. The normalized spacial score (nSPS) is 14.6.